The first-order valence-electron chi connectivity index (χ1n) is 7.26. The predicted octanol–water partition coefficient (Wildman–Crippen LogP) is 3.58. The van der Waals surface area contributed by atoms with Gasteiger partial charge < -0.3 is 9.84 Å². The van der Waals surface area contributed by atoms with Gasteiger partial charge in [0.1, 0.15) is 6.61 Å². The highest BCUT2D eigenvalue weighted by Gasteiger charge is 2.13. The number of carbonyl (C=O) groups excluding carboxylic acids is 1. The molecule has 3 heteroatoms. The van der Waals surface area contributed by atoms with Gasteiger partial charge in [0.25, 0.3) is 0 Å². The van der Waals surface area contributed by atoms with Crippen molar-refractivity contribution >= 4 is 12.0 Å². The lowest BCUT2D eigenvalue weighted by Gasteiger charge is -2.11. The van der Waals surface area contributed by atoms with Crippen molar-refractivity contribution in [3.63, 3.8) is 0 Å². The van der Waals surface area contributed by atoms with Crippen LogP contribution in [0.3, 0.4) is 0 Å². The zero-order valence-corrected chi connectivity index (χ0v) is 12.6. The fourth-order valence-electron chi connectivity index (χ4n) is 2.02. The van der Waals surface area contributed by atoms with Crippen LogP contribution in [0.25, 0.3) is 6.08 Å². The molecule has 2 aromatic carbocycles. The van der Waals surface area contributed by atoms with Crippen LogP contribution >= 0.6 is 0 Å². The minimum absolute atomic E-state index is 0.0397. The van der Waals surface area contributed by atoms with Crippen molar-refractivity contribution in [1.82, 2.24) is 0 Å². The van der Waals surface area contributed by atoms with Crippen LogP contribution < -0.4 is 0 Å². The van der Waals surface area contributed by atoms with Gasteiger partial charge in [0, 0.05) is 0 Å². The van der Waals surface area contributed by atoms with Crippen LogP contribution in [-0.4, -0.2) is 17.2 Å². The molecule has 1 atom stereocenters. The molecule has 0 amide bonds. The van der Waals surface area contributed by atoms with Gasteiger partial charge in [0.15, 0.2) is 0 Å². The van der Waals surface area contributed by atoms with E-state index in [9.17, 15) is 9.90 Å². The Hall–Kier alpha value is -2.39. The molecule has 0 aromatic heterocycles. The normalized spacial score (nSPS) is 12.7. The van der Waals surface area contributed by atoms with Gasteiger partial charge >= 0.3 is 5.97 Å². The van der Waals surface area contributed by atoms with Gasteiger partial charge in [-0.05, 0) is 23.6 Å². The molecule has 0 aliphatic carbocycles. The molecule has 0 unspecified atom stereocenters. The molecule has 0 bridgehead atoms. The molecule has 0 aliphatic rings. The van der Waals surface area contributed by atoms with E-state index in [-0.39, 0.29) is 13.0 Å². The molecule has 22 heavy (non-hydrogen) atoms. The summed E-state index contributed by atoms with van der Waals surface area (Å²) in [7, 11) is 0. The summed E-state index contributed by atoms with van der Waals surface area (Å²) in [5.41, 5.74) is 2.67. The lowest BCUT2D eigenvalue weighted by molar-refractivity contribution is -0.146. The van der Waals surface area contributed by atoms with E-state index in [1.807, 2.05) is 73.7 Å². The first-order chi connectivity index (χ1) is 10.6. The van der Waals surface area contributed by atoms with E-state index in [0.717, 1.165) is 16.7 Å². The van der Waals surface area contributed by atoms with Gasteiger partial charge in [0.05, 0.1) is 12.5 Å². The molecule has 0 fully saturated rings. The fourth-order valence-corrected chi connectivity index (χ4v) is 2.02. The van der Waals surface area contributed by atoms with Crippen molar-refractivity contribution in [2.45, 2.75) is 26.1 Å². The Morgan fingerprint density at radius 1 is 1.09 bits per heavy atom. The second-order valence-corrected chi connectivity index (χ2v) is 5.17. The third kappa shape index (κ3) is 5.19. The van der Waals surface area contributed by atoms with Gasteiger partial charge in [-0.15, -0.1) is 0 Å². The topological polar surface area (TPSA) is 46.5 Å². The molecule has 0 saturated carbocycles. The highest BCUT2D eigenvalue weighted by molar-refractivity contribution is 5.71. The van der Waals surface area contributed by atoms with E-state index in [1.165, 1.54) is 0 Å². The zero-order chi connectivity index (χ0) is 15.8. The standard InChI is InChI=1S/C19H20O3/c1-15(12-16-8-4-2-5-9-16)18(20)13-19(21)22-14-17-10-6-3-7-11-17/h2-12,18,20H,13-14H2,1H3/b15-12+/t18-/m0/s1. The van der Waals surface area contributed by atoms with Gasteiger partial charge in [-0.25, -0.2) is 0 Å². The maximum Gasteiger partial charge on any atom is 0.309 e. The number of carbonyl (C=O) groups is 1. The van der Waals surface area contributed by atoms with Crippen molar-refractivity contribution in [3.8, 4) is 0 Å². The predicted molar refractivity (Wildman–Crippen MR) is 87.0 cm³/mol. The molecule has 3 nitrogen and oxygen atoms in total. The summed E-state index contributed by atoms with van der Waals surface area (Å²) in [6.07, 6.45) is 1.00. The maximum atomic E-state index is 11.8. The summed E-state index contributed by atoms with van der Waals surface area (Å²) >= 11 is 0. The van der Waals surface area contributed by atoms with Gasteiger partial charge in [0.2, 0.25) is 0 Å². The van der Waals surface area contributed by atoms with Crippen molar-refractivity contribution < 1.29 is 14.6 Å². The second kappa shape index (κ2) is 8.15. The lowest BCUT2D eigenvalue weighted by Crippen LogP contribution is -2.16. The van der Waals surface area contributed by atoms with Crippen molar-refractivity contribution in [2.24, 2.45) is 0 Å². The first kappa shape index (κ1) is 16.0. The number of esters is 1. The molecular formula is C19H20O3. The Labute approximate surface area is 130 Å². The average molecular weight is 296 g/mol. The molecule has 2 rings (SSSR count). The summed E-state index contributed by atoms with van der Waals surface area (Å²) in [5, 5.41) is 10.1. The quantitative estimate of drug-likeness (QED) is 0.829. The van der Waals surface area contributed by atoms with Crippen molar-refractivity contribution in [3.05, 3.63) is 77.4 Å². The molecule has 114 valence electrons. The fraction of sp³-hybridized carbons (Fsp3) is 0.211. The van der Waals surface area contributed by atoms with Gasteiger partial charge in [-0.1, -0.05) is 66.7 Å². The van der Waals surface area contributed by atoms with Crippen LogP contribution in [0.1, 0.15) is 24.5 Å². The minimum Gasteiger partial charge on any atom is -0.461 e. The van der Waals surface area contributed by atoms with Crippen LogP contribution in [0.5, 0.6) is 0 Å². The Balaban J connectivity index is 1.84. The van der Waals surface area contributed by atoms with Crippen LogP contribution in [0.15, 0.2) is 66.2 Å². The molecule has 0 heterocycles. The SMILES string of the molecule is C/C(=C\c1ccccc1)[C@@H](O)CC(=O)OCc1ccccc1. The number of hydrogen-bond acceptors (Lipinski definition) is 3. The van der Waals surface area contributed by atoms with E-state index >= 15 is 0 Å². The molecule has 0 saturated heterocycles. The highest BCUT2D eigenvalue weighted by atomic mass is 16.5. The minimum atomic E-state index is -0.830. The van der Waals surface area contributed by atoms with Gasteiger partial charge in [-0.3, -0.25) is 4.79 Å². The van der Waals surface area contributed by atoms with E-state index in [1.54, 1.807) is 0 Å². The number of aliphatic hydroxyl groups excluding tert-OH is 1. The van der Waals surface area contributed by atoms with Crippen LogP contribution in [0.2, 0.25) is 0 Å². The molecule has 0 radical (unpaired) electrons. The molecule has 0 spiro atoms. The van der Waals surface area contributed by atoms with Crippen LogP contribution in [-0.2, 0) is 16.1 Å². The average Bonchev–Trinajstić information content (AvgIpc) is 2.55. The Bertz CT molecular complexity index is 618. The smallest absolute Gasteiger partial charge is 0.309 e. The third-order valence-corrected chi connectivity index (χ3v) is 3.32. The monoisotopic (exact) mass is 296 g/mol. The molecule has 2 aromatic rings. The number of rotatable bonds is 6. The summed E-state index contributed by atoms with van der Waals surface area (Å²) in [5.74, 6) is -0.405. The summed E-state index contributed by atoms with van der Waals surface area (Å²) in [6, 6.07) is 19.2. The van der Waals surface area contributed by atoms with Crippen LogP contribution in [0, 0.1) is 0 Å². The van der Waals surface area contributed by atoms with Crippen molar-refractivity contribution in [2.75, 3.05) is 0 Å². The largest absolute Gasteiger partial charge is 0.461 e. The molecule has 1 N–H and O–H groups in total. The Morgan fingerprint density at radius 3 is 2.32 bits per heavy atom. The summed E-state index contributed by atoms with van der Waals surface area (Å²) in [4.78, 5) is 11.8. The van der Waals surface area contributed by atoms with E-state index < -0.39 is 12.1 Å². The Morgan fingerprint density at radius 2 is 1.68 bits per heavy atom. The van der Waals surface area contributed by atoms with Gasteiger partial charge in [-0.2, -0.15) is 0 Å². The number of ether oxygens (including phenoxy) is 1. The van der Waals surface area contributed by atoms with Crippen LogP contribution in [0.4, 0.5) is 0 Å². The third-order valence-electron chi connectivity index (χ3n) is 3.32. The molecule has 0 aliphatic heterocycles. The maximum absolute atomic E-state index is 11.8. The summed E-state index contributed by atoms with van der Waals surface area (Å²) < 4.78 is 5.17. The Kier molecular flexibility index (Phi) is 5.92. The second-order valence-electron chi connectivity index (χ2n) is 5.17. The molecular weight excluding hydrogens is 276 g/mol. The highest BCUT2D eigenvalue weighted by Crippen LogP contribution is 2.13. The lowest BCUT2D eigenvalue weighted by atomic mass is 10.1. The van der Waals surface area contributed by atoms with E-state index in [4.69, 9.17) is 4.74 Å². The first-order valence-corrected chi connectivity index (χ1v) is 7.26. The number of hydrogen-bond donors (Lipinski definition) is 1. The zero-order valence-electron chi connectivity index (χ0n) is 12.6. The van der Waals surface area contributed by atoms with E-state index in [0.29, 0.717) is 0 Å². The van der Waals surface area contributed by atoms with Crippen molar-refractivity contribution in [1.29, 1.82) is 0 Å². The number of aliphatic hydroxyl groups is 1. The summed E-state index contributed by atoms with van der Waals surface area (Å²) in [6.45, 7) is 2.04. The van der Waals surface area contributed by atoms with E-state index in [2.05, 4.69) is 0 Å². The number of benzene rings is 2.